The van der Waals surface area contributed by atoms with Gasteiger partial charge in [0.05, 0.1) is 7.11 Å². The molecule has 0 radical (unpaired) electrons. The maximum Gasteiger partial charge on any atom is 0.407 e. The second kappa shape index (κ2) is 13.1. The molecule has 2 amide bonds. The Morgan fingerprint density at radius 3 is 2.38 bits per heavy atom. The number of rotatable bonds is 11. The minimum atomic E-state index is -0.582. The molecule has 0 aromatic heterocycles. The molecule has 0 saturated carbocycles. The lowest BCUT2D eigenvalue weighted by molar-refractivity contribution is -0.134. The number of fused-ring (bicyclic) bond motifs is 1. The van der Waals surface area contributed by atoms with E-state index in [0.717, 1.165) is 11.1 Å². The molecule has 10 nitrogen and oxygen atoms in total. The van der Waals surface area contributed by atoms with Crippen molar-refractivity contribution in [1.82, 2.24) is 10.6 Å². The van der Waals surface area contributed by atoms with Crippen molar-refractivity contribution in [3.8, 4) is 11.5 Å². The van der Waals surface area contributed by atoms with Crippen LogP contribution in [0.15, 0.2) is 11.6 Å². The summed E-state index contributed by atoms with van der Waals surface area (Å²) in [4.78, 5) is 48.4. The molecule has 1 aromatic carbocycles. The Hall–Kier alpha value is -3.56. The predicted molar refractivity (Wildman–Crippen MR) is 137 cm³/mol. The molecule has 0 bridgehead atoms. The summed E-state index contributed by atoms with van der Waals surface area (Å²) in [7, 11) is 1.53. The zero-order valence-corrected chi connectivity index (χ0v) is 22.8. The van der Waals surface area contributed by atoms with E-state index in [9.17, 15) is 19.2 Å². The Balaban J connectivity index is 2.02. The van der Waals surface area contributed by atoms with Gasteiger partial charge in [0, 0.05) is 37.1 Å². The van der Waals surface area contributed by atoms with E-state index in [1.165, 1.54) is 7.11 Å². The zero-order valence-electron chi connectivity index (χ0n) is 22.8. The zero-order chi connectivity index (χ0) is 27.8. The number of esters is 2. The number of benzene rings is 1. The van der Waals surface area contributed by atoms with Gasteiger partial charge in [-0.1, -0.05) is 18.6 Å². The number of allylic oxidation sites excluding steroid dienone is 2. The maximum atomic E-state index is 12.4. The van der Waals surface area contributed by atoms with Crippen LogP contribution < -0.4 is 20.1 Å². The Bertz CT molecular complexity index is 1070. The number of amides is 2. The third-order valence-electron chi connectivity index (χ3n) is 5.65. The molecule has 0 atom stereocenters. The average Bonchev–Trinajstić information content (AvgIpc) is 3.21. The fraction of sp³-hybridized carbons (Fsp3) is 0.556. The SMILES string of the molecule is CCC(=O)Oc1c(C/C=C(\C)CCC(=O)NCCNC(=O)OC(C)(C)C)c(OC)c(C)c2c1C(=O)OC2. The highest BCUT2D eigenvalue weighted by Gasteiger charge is 2.34. The molecule has 2 N–H and O–H groups in total. The molecule has 1 heterocycles. The Morgan fingerprint density at radius 1 is 1.08 bits per heavy atom. The first-order valence-corrected chi connectivity index (χ1v) is 12.4. The number of ether oxygens (including phenoxy) is 4. The van der Waals surface area contributed by atoms with Crippen molar-refractivity contribution in [3.05, 3.63) is 33.9 Å². The van der Waals surface area contributed by atoms with E-state index in [1.807, 2.05) is 19.9 Å². The molecular formula is C27H38N2O8. The molecule has 1 aliphatic rings. The number of hydrogen-bond donors (Lipinski definition) is 2. The molecule has 37 heavy (non-hydrogen) atoms. The van der Waals surface area contributed by atoms with Crippen molar-refractivity contribution in [3.63, 3.8) is 0 Å². The van der Waals surface area contributed by atoms with E-state index in [2.05, 4.69) is 10.6 Å². The fourth-order valence-corrected chi connectivity index (χ4v) is 3.77. The summed E-state index contributed by atoms with van der Waals surface area (Å²) >= 11 is 0. The van der Waals surface area contributed by atoms with Crippen LogP contribution in [0.1, 0.15) is 80.9 Å². The number of cyclic esters (lactones) is 1. The van der Waals surface area contributed by atoms with Gasteiger partial charge in [-0.15, -0.1) is 0 Å². The highest BCUT2D eigenvalue weighted by atomic mass is 16.6. The second-order valence-corrected chi connectivity index (χ2v) is 9.76. The van der Waals surface area contributed by atoms with Gasteiger partial charge in [0.15, 0.2) is 5.75 Å². The molecule has 204 valence electrons. The van der Waals surface area contributed by atoms with Gasteiger partial charge in [-0.3, -0.25) is 9.59 Å². The van der Waals surface area contributed by atoms with Gasteiger partial charge in [-0.2, -0.15) is 0 Å². The van der Waals surface area contributed by atoms with Crippen molar-refractivity contribution < 1.29 is 38.1 Å². The third kappa shape index (κ3) is 8.51. The van der Waals surface area contributed by atoms with Gasteiger partial charge in [-0.25, -0.2) is 9.59 Å². The first kappa shape index (κ1) is 29.7. The van der Waals surface area contributed by atoms with E-state index >= 15 is 0 Å². The Labute approximate surface area is 218 Å². The van der Waals surface area contributed by atoms with Crippen molar-refractivity contribution in [2.24, 2.45) is 0 Å². The lowest BCUT2D eigenvalue weighted by Gasteiger charge is -2.19. The molecule has 10 heteroatoms. The summed E-state index contributed by atoms with van der Waals surface area (Å²) < 4.78 is 21.6. The molecule has 2 rings (SSSR count). The minimum absolute atomic E-state index is 0.102. The summed E-state index contributed by atoms with van der Waals surface area (Å²) in [5.41, 5.74) is 2.62. The standard InChI is InChI=1S/C27H38N2O8/c1-8-21(31)36-24-18(23(34-7)17(3)19-15-35-25(32)22(19)24)11-9-16(2)10-12-20(30)28-13-14-29-26(33)37-27(4,5)6/h9H,8,10-15H2,1-7H3,(H,28,30)(H,29,33)/b16-9+. The first-order chi connectivity index (χ1) is 17.4. The molecule has 0 unspecified atom stereocenters. The Kier molecular flexibility index (Phi) is 10.5. The summed E-state index contributed by atoms with van der Waals surface area (Å²) in [6, 6.07) is 0. The Morgan fingerprint density at radius 2 is 1.76 bits per heavy atom. The smallest absolute Gasteiger partial charge is 0.407 e. The van der Waals surface area contributed by atoms with Gasteiger partial charge in [0.25, 0.3) is 0 Å². The van der Waals surface area contributed by atoms with Crippen molar-refractivity contribution in [2.75, 3.05) is 20.2 Å². The first-order valence-electron chi connectivity index (χ1n) is 12.4. The van der Waals surface area contributed by atoms with Crippen LogP contribution in [-0.4, -0.2) is 49.7 Å². The summed E-state index contributed by atoms with van der Waals surface area (Å²) in [6.45, 7) is 11.4. The third-order valence-corrected chi connectivity index (χ3v) is 5.65. The molecule has 0 fully saturated rings. The van der Waals surface area contributed by atoms with Crippen LogP contribution in [0, 0.1) is 6.92 Å². The average molecular weight is 519 g/mol. The van der Waals surface area contributed by atoms with Crippen molar-refractivity contribution in [2.45, 2.75) is 79.4 Å². The normalized spacial score (nSPS) is 12.9. The van der Waals surface area contributed by atoms with Crippen LogP contribution in [0.4, 0.5) is 4.79 Å². The van der Waals surface area contributed by atoms with E-state index in [4.69, 9.17) is 18.9 Å². The van der Waals surface area contributed by atoms with Crippen LogP contribution in [0.2, 0.25) is 0 Å². The number of alkyl carbamates (subject to hydrolysis) is 1. The van der Waals surface area contributed by atoms with Gasteiger partial charge in [0.1, 0.15) is 23.5 Å². The molecule has 0 spiro atoms. The van der Waals surface area contributed by atoms with Crippen LogP contribution >= 0.6 is 0 Å². The highest BCUT2D eigenvalue weighted by Crippen LogP contribution is 2.43. The van der Waals surface area contributed by atoms with Crippen molar-refractivity contribution >= 4 is 23.9 Å². The monoisotopic (exact) mass is 518 g/mol. The van der Waals surface area contributed by atoms with Crippen LogP contribution in [0.25, 0.3) is 0 Å². The van der Waals surface area contributed by atoms with Crippen LogP contribution in [0.3, 0.4) is 0 Å². The molecule has 1 aliphatic heterocycles. The highest BCUT2D eigenvalue weighted by molar-refractivity contribution is 5.99. The maximum absolute atomic E-state index is 12.4. The van der Waals surface area contributed by atoms with E-state index in [0.29, 0.717) is 29.7 Å². The van der Waals surface area contributed by atoms with Crippen molar-refractivity contribution in [1.29, 1.82) is 0 Å². The van der Waals surface area contributed by atoms with E-state index in [1.54, 1.807) is 27.7 Å². The number of carbonyl (C=O) groups excluding carboxylic acids is 4. The fourth-order valence-electron chi connectivity index (χ4n) is 3.77. The van der Waals surface area contributed by atoms with Gasteiger partial charge >= 0.3 is 18.0 Å². The summed E-state index contributed by atoms with van der Waals surface area (Å²) in [6.07, 6.45) is 2.64. The van der Waals surface area contributed by atoms with Crippen LogP contribution in [0.5, 0.6) is 11.5 Å². The number of carbonyl (C=O) groups is 4. The van der Waals surface area contributed by atoms with E-state index in [-0.39, 0.29) is 49.8 Å². The largest absolute Gasteiger partial charge is 0.496 e. The molecular weight excluding hydrogens is 480 g/mol. The van der Waals surface area contributed by atoms with Crippen LogP contribution in [-0.2, 0) is 32.1 Å². The van der Waals surface area contributed by atoms with Gasteiger partial charge < -0.3 is 29.6 Å². The predicted octanol–water partition coefficient (Wildman–Crippen LogP) is 3.90. The summed E-state index contributed by atoms with van der Waals surface area (Å²) in [5, 5.41) is 5.35. The molecule has 0 saturated heterocycles. The molecule has 0 aliphatic carbocycles. The van der Waals surface area contributed by atoms with E-state index < -0.39 is 23.6 Å². The van der Waals surface area contributed by atoms with Gasteiger partial charge in [-0.05, 0) is 53.0 Å². The lowest BCUT2D eigenvalue weighted by atomic mass is 9.94. The molecule has 1 aromatic rings. The topological polar surface area (TPSA) is 129 Å². The number of nitrogens with one attached hydrogen (secondary N) is 2. The number of methoxy groups -OCH3 is 1. The number of hydrogen-bond acceptors (Lipinski definition) is 8. The van der Waals surface area contributed by atoms with Gasteiger partial charge in [0.2, 0.25) is 5.91 Å². The lowest BCUT2D eigenvalue weighted by Crippen LogP contribution is -2.37. The quantitative estimate of drug-likeness (QED) is 0.195. The minimum Gasteiger partial charge on any atom is -0.496 e. The summed E-state index contributed by atoms with van der Waals surface area (Å²) in [5.74, 6) is -0.432. The second-order valence-electron chi connectivity index (χ2n) is 9.76.